The molecule has 0 saturated carbocycles. The number of ether oxygens (including phenoxy) is 3. The molecule has 0 aliphatic rings. The second kappa shape index (κ2) is 10.3. The van der Waals surface area contributed by atoms with Gasteiger partial charge in [-0.25, -0.2) is 10.2 Å². The molecule has 2 rings (SSSR count). The molecule has 1 amide bonds. The Morgan fingerprint density at radius 2 is 1.89 bits per heavy atom. The average molecular weight is 432 g/mol. The molecule has 0 bridgehead atoms. The zero-order valence-electron chi connectivity index (χ0n) is 14.6. The van der Waals surface area contributed by atoms with Crippen molar-refractivity contribution in [2.24, 2.45) is 5.10 Å². The lowest BCUT2D eigenvalue weighted by atomic mass is 10.2. The highest BCUT2D eigenvalue weighted by atomic mass is 35.5. The fourth-order valence-corrected chi connectivity index (χ4v) is 2.65. The maximum atomic E-state index is 11.0. The van der Waals surface area contributed by atoms with Crippen LogP contribution in [-0.4, -0.2) is 26.0 Å². The quantitative estimate of drug-likeness (QED) is 0.476. The molecule has 6 nitrogen and oxygen atoms in total. The van der Waals surface area contributed by atoms with Crippen LogP contribution in [0.4, 0.5) is 4.79 Å². The van der Waals surface area contributed by atoms with Gasteiger partial charge in [0.2, 0.25) is 0 Å². The summed E-state index contributed by atoms with van der Waals surface area (Å²) in [6.45, 7) is 2.49. The van der Waals surface area contributed by atoms with E-state index in [9.17, 15) is 4.79 Å². The van der Waals surface area contributed by atoms with Crippen LogP contribution in [0.1, 0.15) is 18.1 Å². The molecule has 0 unspecified atom stereocenters. The largest absolute Gasteiger partial charge is 0.490 e. The van der Waals surface area contributed by atoms with Gasteiger partial charge < -0.3 is 14.2 Å². The van der Waals surface area contributed by atoms with Gasteiger partial charge in [0.25, 0.3) is 0 Å². The summed E-state index contributed by atoms with van der Waals surface area (Å²) < 4.78 is 15.9. The average Bonchev–Trinajstić information content (AvgIpc) is 2.64. The van der Waals surface area contributed by atoms with Crippen LogP contribution in [0.3, 0.4) is 0 Å². The summed E-state index contributed by atoms with van der Waals surface area (Å²) in [5.74, 6) is 0.840. The number of amides is 1. The summed E-state index contributed by atoms with van der Waals surface area (Å²) in [5.41, 5.74) is 3.63. The maximum absolute atomic E-state index is 11.0. The van der Waals surface area contributed by atoms with E-state index in [0.717, 1.165) is 5.56 Å². The first kappa shape index (κ1) is 21.2. The van der Waals surface area contributed by atoms with E-state index in [1.807, 2.05) is 13.0 Å². The Balaban J connectivity index is 2.19. The van der Waals surface area contributed by atoms with Gasteiger partial charge in [0.1, 0.15) is 6.61 Å². The van der Waals surface area contributed by atoms with Crippen molar-refractivity contribution in [1.82, 2.24) is 5.43 Å². The highest BCUT2D eigenvalue weighted by Crippen LogP contribution is 2.37. The molecule has 0 aromatic heterocycles. The van der Waals surface area contributed by atoms with E-state index >= 15 is 0 Å². The highest BCUT2D eigenvalue weighted by Gasteiger charge is 2.13. The Kier molecular flexibility index (Phi) is 8.03. The lowest BCUT2D eigenvalue weighted by Gasteiger charge is -2.14. The Bertz CT molecular complexity index is 844. The third kappa shape index (κ3) is 6.20. The minimum atomic E-state index is -0.677. The first-order valence-electron chi connectivity index (χ1n) is 7.84. The number of carbonyl (C=O) groups is 1. The number of halogens is 3. The number of rotatable bonds is 7. The molecular formula is C18H17Cl3N2O4. The van der Waals surface area contributed by atoms with Crippen molar-refractivity contribution in [3.63, 3.8) is 0 Å². The van der Waals surface area contributed by atoms with Crippen LogP contribution in [0.5, 0.6) is 11.5 Å². The molecule has 0 radical (unpaired) electrons. The topological polar surface area (TPSA) is 69.2 Å². The van der Waals surface area contributed by atoms with Crippen LogP contribution in [0, 0.1) is 0 Å². The number of nitrogens with one attached hydrogen (secondary N) is 1. The number of nitrogens with zero attached hydrogens (tertiary/aromatic N) is 1. The van der Waals surface area contributed by atoms with Crippen molar-refractivity contribution >= 4 is 47.1 Å². The summed E-state index contributed by atoms with van der Waals surface area (Å²) >= 11 is 18.3. The molecule has 27 heavy (non-hydrogen) atoms. The number of hydrazone groups is 1. The Labute approximate surface area is 172 Å². The SMILES string of the molecule is CCOc1cc(/C=N/NC(=O)OC)cc(Cl)c1OCc1ccc(Cl)c(Cl)c1. The molecule has 0 spiro atoms. The van der Waals surface area contributed by atoms with E-state index in [4.69, 9.17) is 44.3 Å². The minimum Gasteiger partial charge on any atom is -0.490 e. The molecule has 2 aromatic rings. The standard InChI is InChI=1S/C18H17Cl3N2O4/c1-3-26-16-8-12(9-22-23-18(24)25-2)7-15(21)17(16)27-10-11-4-5-13(19)14(20)6-11/h4-9H,3,10H2,1-2H3,(H,23,24)/b22-9+. The second-order valence-electron chi connectivity index (χ2n) is 5.16. The number of carbonyl (C=O) groups excluding carboxylic acids is 1. The molecule has 0 saturated heterocycles. The summed E-state index contributed by atoms with van der Waals surface area (Å²) in [4.78, 5) is 11.0. The van der Waals surface area contributed by atoms with Gasteiger partial charge in [0, 0.05) is 0 Å². The fraction of sp³-hybridized carbons (Fsp3) is 0.222. The van der Waals surface area contributed by atoms with Crippen LogP contribution in [0.15, 0.2) is 35.4 Å². The Hall–Kier alpha value is -2.15. The van der Waals surface area contributed by atoms with Gasteiger partial charge in [-0.15, -0.1) is 0 Å². The lowest BCUT2D eigenvalue weighted by Crippen LogP contribution is -2.16. The summed E-state index contributed by atoms with van der Waals surface area (Å²) in [6.07, 6.45) is 0.734. The van der Waals surface area contributed by atoms with Crippen LogP contribution < -0.4 is 14.9 Å². The van der Waals surface area contributed by atoms with E-state index in [2.05, 4.69) is 15.3 Å². The summed E-state index contributed by atoms with van der Waals surface area (Å²) in [5, 5.41) is 5.01. The van der Waals surface area contributed by atoms with E-state index < -0.39 is 6.09 Å². The maximum Gasteiger partial charge on any atom is 0.427 e. The zero-order chi connectivity index (χ0) is 19.8. The van der Waals surface area contributed by atoms with E-state index in [1.54, 1.807) is 24.3 Å². The van der Waals surface area contributed by atoms with E-state index in [0.29, 0.717) is 38.7 Å². The third-order valence-corrected chi connectivity index (χ3v) is 4.27. The van der Waals surface area contributed by atoms with Crippen molar-refractivity contribution in [2.75, 3.05) is 13.7 Å². The fourth-order valence-electron chi connectivity index (χ4n) is 2.06. The first-order valence-corrected chi connectivity index (χ1v) is 8.98. The zero-order valence-corrected chi connectivity index (χ0v) is 16.9. The van der Waals surface area contributed by atoms with Crippen molar-refractivity contribution in [1.29, 1.82) is 0 Å². The molecule has 1 N–H and O–H groups in total. The van der Waals surface area contributed by atoms with Gasteiger partial charge in [-0.3, -0.25) is 0 Å². The van der Waals surface area contributed by atoms with Crippen molar-refractivity contribution in [3.05, 3.63) is 56.5 Å². The molecule has 0 atom stereocenters. The van der Waals surface area contributed by atoms with Gasteiger partial charge in [0.15, 0.2) is 11.5 Å². The van der Waals surface area contributed by atoms with Gasteiger partial charge >= 0.3 is 6.09 Å². The predicted octanol–water partition coefficient (Wildman–Crippen LogP) is 5.31. The van der Waals surface area contributed by atoms with E-state index in [1.165, 1.54) is 13.3 Å². The van der Waals surface area contributed by atoms with Gasteiger partial charge in [0.05, 0.1) is 35.0 Å². The third-order valence-electron chi connectivity index (χ3n) is 3.25. The normalized spacial score (nSPS) is 10.7. The molecule has 0 aliphatic heterocycles. The second-order valence-corrected chi connectivity index (χ2v) is 6.38. The number of hydrogen-bond acceptors (Lipinski definition) is 5. The van der Waals surface area contributed by atoms with Crippen LogP contribution in [-0.2, 0) is 11.3 Å². The molecule has 9 heteroatoms. The summed E-state index contributed by atoms with van der Waals surface area (Å²) in [6, 6.07) is 8.56. The monoisotopic (exact) mass is 430 g/mol. The van der Waals surface area contributed by atoms with Gasteiger partial charge in [-0.05, 0) is 42.3 Å². The molecule has 0 aliphatic carbocycles. The number of hydrogen-bond donors (Lipinski definition) is 1. The van der Waals surface area contributed by atoms with E-state index in [-0.39, 0.29) is 6.61 Å². The van der Waals surface area contributed by atoms with Crippen LogP contribution in [0.2, 0.25) is 15.1 Å². The van der Waals surface area contributed by atoms with Crippen molar-refractivity contribution < 1.29 is 19.0 Å². The molecular weight excluding hydrogens is 415 g/mol. The minimum absolute atomic E-state index is 0.230. The molecule has 144 valence electrons. The highest BCUT2D eigenvalue weighted by molar-refractivity contribution is 6.42. The lowest BCUT2D eigenvalue weighted by molar-refractivity contribution is 0.171. The summed E-state index contributed by atoms with van der Waals surface area (Å²) in [7, 11) is 1.24. The molecule has 0 heterocycles. The predicted molar refractivity (Wildman–Crippen MR) is 107 cm³/mol. The Morgan fingerprint density at radius 3 is 2.56 bits per heavy atom. The van der Waals surface area contributed by atoms with Crippen molar-refractivity contribution in [3.8, 4) is 11.5 Å². The van der Waals surface area contributed by atoms with Gasteiger partial charge in [-0.2, -0.15) is 5.10 Å². The Morgan fingerprint density at radius 1 is 1.11 bits per heavy atom. The molecule has 0 fully saturated rings. The molecule has 2 aromatic carbocycles. The van der Waals surface area contributed by atoms with Gasteiger partial charge in [-0.1, -0.05) is 40.9 Å². The smallest absolute Gasteiger partial charge is 0.427 e. The van der Waals surface area contributed by atoms with Crippen molar-refractivity contribution in [2.45, 2.75) is 13.5 Å². The first-order chi connectivity index (χ1) is 12.9. The van der Waals surface area contributed by atoms with Crippen LogP contribution in [0.25, 0.3) is 0 Å². The number of methoxy groups -OCH3 is 1. The van der Waals surface area contributed by atoms with Crippen LogP contribution >= 0.6 is 34.8 Å². The number of benzene rings is 2.